The molecule has 1 saturated heterocycles. The molecule has 0 aromatic rings. The molecule has 18 heavy (non-hydrogen) atoms. The fourth-order valence-electron chi connectivity index (χ4n) is 2.48. The molecular weight excluding hydrogens is 232 g/mol. The second kappa shape index (κ2) is 5.95. The highest BCUT2D eigenvalue weighted by Crippen LogP contribution is 2.14. The molecule has 2 rings (SSSR count). The summed E-state index contributed by atoms with van der Waals surface area (Å²) in [5.41, 5.74) is 2.87. The van der Waals surface area contributed by atoms with Gasteiger partial charge in [0.05, 0.1) is 0 Å². The first-order chi connectivity index (χ1) is 8.72. The van der Waals surface area contributed by atoms with Gasteiger partial charge in [0, 0.05) is 25.4 Å². The van der Waals surface area contributed by atoms with E-state index >= 15 is 0 Å². The van der Waals surface area contributed by atoms with Gasteiger partial charge in [-0.3, -0.25) is 9.59 Å². The van der Waals surface area contributed by atoms with Crippen LogP contribution in [0, 0.1) is 0 Å². The molecule has 2 N–H and O–H groups in total. The van der Waals surface area contributed by atoms with Crippen molar-refractivity contribution in [1.29, 1.82) is 0 Å². The van der Waals surface area contributed by atoms with Crippen LogP contribution in [0.25, 0.3) is 0 Å². The SMILES string of the molecule is CCN(C(=O)C1=NNC(=O)CC1)C1CCNCC1. The molecule has 2 aliphatic heterocycles. The maximum Gasteiger partial charge on any atom is 0.270 e. The summed E-state index contributed by atoms with van der Waals surface area (Å²) >= 11 is 0. The normalized spacial score (nSPS) is 21.2. The Kier molecular flexibility index (Phi) is 4.30. The number of nitrogens with zero attached hydrogens (tertiary/aromatic N) is 2. The van der Waals surface area contributed by atoms with Crippen LogP contribution >= 0.6 is 0 Å². The van der Waals surface area contributed by atoms with Crippen LogP contribution in [0.1, 0.15) is 32.6 Å². The van der Waals surface area contributed by atoms with E-state index in [2.05, 4.69) is 15.8 Å². The summed E-state index contributed by atoms with van der Waals surface area (Å²) in [7, 11) is 0. The Labute approximate surface area is 107 Å². The van der Waals surface area contributed by atoms with Crippen molar-refractivity contribution in [3.8, 4) is 0 Å². The molecule has 0 saturated carbocycles. The van der Waals surface area contributed by atoms with Crippen LogP contribution in [-0.2, 0) is 9.59 Å². The monoisotopic (exact) mass is 252 g/mol. The zero-order valence-electron chi connectivity index (χ0n) is 10.7. The Morgan fingerprint density at radius 2 is 2.11 bits per heavy atom. The van der Waals surface area contributed by atoms with Gasteiger partial charge in [0.25, 0.3) is 5.91 Å². The van der Waals surface area contributed by atoms with E-state index in [-0.39, 0.29) is 11.8 Å². The Bertz CT molecular complexity index is 361. The molecule has 2 heterocycles. The number of amides is 2. The van der Waals surface area contributed by atoms with Crippen molar-refractivity contribution in [3.05, 3.63) is 0 Å². The van der Waals surface area contributed by atoms with Crippen LogP contribution < -0.4 is 10.7 Å². The van der Waals surface area contributed by atoms with Gasteiger partial charge in [0.2, 0.25) is 5.91 Å². The topological polar surface area (TPSA) is 73.8 Å². The third-order valence-electron chi connectivity index (χ3n) is 3.50. The molecule has 0 unspecified atom stereocenters. The maximum absolute atomic E-state index is 12.4. The third-order valence-corrected chi connectivity index (χ3v) is 3.50. The molecular formula is C12H20N4O2. The van der Waals surface area contributed by atoms with Crippen LogP contribution in [0.15, 0.2) is 5.10 Å². The Morgan fingerprint density at radius 1 is 1.39 bits per heavy atom. The molecule has 0 bridgehead atoms. The van der Waals surface area contributed by atoms with E-state index in [0.29, 0.717) is 31.1 Å². The van der Waals surface area contributed by atoms with E-state index < -0.39 is 0 Å². The van der Waals surface area contributed by atoms with Gasteiger partial charge in [-0.1, -0.05) is 0 Å². The number of hydrogen-bond donors (Lipinski definition) is 2. The molecule has 2 amide bonds. The highest BCUT2D eigenvalue weighted by atomic mass is 16.2. The number of hydrogen-bond acceptors (Lipinski definition) is 4. The first-order valence-electron chi connectivity index (χ1n) is 6.59. The molecule has 0 aromatic carbocycles. The van der Waals surface area contributed by atoms with Crippen LogP contribution in [0.2, 0.25) is 0 Å². The molecule has 0 atom stereocenters. The quantitative estimate of drug-likeness (QED) is 0.734. The standard InChI is InChI=1S/C12H20N4O2/c1-2-16(9-5-7-13-8-6-9)12(18)10-3-4-11(17)15-14-10/h9,13H,2-8H2,1H3,(H,15,17). The van der Waals surface area contributed by atoms with Gasteiger partial charge in [0.1, 0.15) is 5.71 Å². The first kappa shape index (κ1) is 13.0. The number of carbonyl (C=O) groups is 2. The minimum absolute atomic E-state index is 0.0237. The third kappa shape index (κ3) is 2.87. The molecule has 0 aromatic heterocycles. The van der Waals surface area contributed by atoms with Gasteiger partial charge < -0.3 is 10.2 Å². The average Bonchev–Trinajstić information content (AvgIpc) is 2.41. The largest absolute Gasteiger partial charge is 0.335 e. The van der Waals surface area contributed by atoms with E-state index in [0.717, 1.165) is 25.9 Å². The fourth-order valence-corrected chi connectivity index (χ4v) is 2.48. The number of carbonyl (C=O) groups excluding carboxylic acids is 2. The highest BCUT2D eigenvalue weighted by molar-refractivity contribution is 6.39. The Hall–Kier alpha value is -1.43. The van der Waals surface area contributed by atoms with Crippen LogP contribution in [0.3, 0.4) is 0 Å². The lowest BCUT2D eigenvalue weighted by molar-refractivity contribution is -0.127. The summed E-state index contributed by atoms with van der Waals surface area (Å²) in [6.45, 7) is 4.59. The predicted octanol–water partition coefficient (Wildman–Crippen LogP) is -0.147. The second-order valence-corrected chi connectivity index (χ2v) is 4.67. The Balaban J connectivity index is 2.02. The zero-order valence-corrected chi connectivity index (χ0v) is 10.7. The van der Waals surface area contributed by atoms with Crippen LogP contribution in [-0.4, -0.2) is 48.1 Å². The smallest absolute Gasteiger partial charge is 0.270 e. The van der Waals surface area contributed by atoms with Gasteiger partial charge in [-0.25, -0.2) is 5.43 Å². The van der Waals surface area contributed by atoms with Crippen molar-refractivity contribution in [2.24, 2.45) is 5.10 Å². The van der Waals surface area contributed by atoms with Gasteiger partial charge in [-0.15, -0.1) is 0 Å². The van der Waals surface area contributed by atoms with Gasteiger partial charge in [0.15, 0.2) is 0 Å². The van der Waals surface area contributed by atoms with Gasteiger partial charge >= 0.3 is 0 Å². The minimum atomic E-state index is -0.114. The highest BCUT2D eigenvalue weighted by Gasteiger charge is 2.28. The number of rotatable bonds is 3. The summed E-state index contributed by atoms with van der Waals surface area (Å²) in [5, 5.41) is 7.18. The second-order valence-electron chi connectivity index (χ2n) is 4.67. The Morgan fingerprint density at radius 3 is 2.67 bits per heavy atom. The minimum Gasteiger partial charge on any atom is -0.335 e. The number of piperidine rings is 1. The van der Waals surface area contributed by atoms with Crippen LogP contribution in [0.5, 0.6) is 0 Å². The van der Waals surface area contributed by atoms with Crippen molar-refractivity contribution in [2.45, 2.75) is 38.6 Å². The van der Waals surface area contributed by atoms with Crippen molar-refractivity contribution in [2.75, 3.05) is 19.6 Å². The maximum atomic E-state index is 12.4. The van der Waals surface area contributed by atoms with E-state index in [4.69, 9.17) is 0 Å². The predicted molar refractivity (Wildman–Crippen MR) is 68.1 cm³/mol. The lowest BCUT2D eigenvalue weighted by Crippen LogP contribution is -2.49. The number of nitrogens with one attached hydrogen (secondary N) is 2. The molecule has 2 aliphatic rings. The molecule has 0 spiro atoms. The van der Waals surface area contributed by atoms with Gasteiger partial charge in [-0.05, 0) is 32.9 Å². The van der Waals surface area contributed by atoms with Crippen LogP contribution in [0.4, 0.5) is 0 Å². The zero-order chi connectivity index (χ0) is 13.0. The van der Waals surface area contributed by atoms with Crippen molar-refractivity contribution in [1.82, 2.24) is 15.6 Å². The molecule has 6 heteroatoms. The molecule has 0 radical (unpaired) electrons. The molecule has 1 fully saturated rings. The fraction of sp³-hybridized carbons (Fsp3) is 0.750. The van der Waals surface area contributed by atoms with E-state index in [1.165, 1.54) is 0 Å². The summed E-state index contributed by atoms with van der Waals surface area (Å²) in [6, 6.07) is 0.295. The first-order valence-corrected chi connectivity index (χ1v) is 6.59. The van der Waals surface area contributed by atoms with E-state index in [1.54, 1.807) is 0 Å². The summed E-state index contributed by atoms with van der Waals surface area (Å²) in [4.78, 5) is 25.3. The van der Waals surface area contributed by atoms with Crippen molar-refractivity contribution < 1.29 is 9.59 Å². The lowest BCUT2D eigenvalue weighted by Gasteiger charge is -2.34. The van der Waals surface area contributed by atoms with Gasteiger partial charge in [-0.2, -0.15) is 5.10 Å². The molecule has 100 valence electrons. The van der Waals surface area contributed by atoms with Crippen molar-refractivity contribution >= 4 is 17.5 Å². The summed E-state index contributed by atoms with van der Waals surface area (Å²) < 4.78 is 0. The summed E-state index contributed by atoms with van der Waals surface area (Å²) in [5.74, 6) is -0.138. The summed E-state index contributed by atoms with van der Waals surface area (Å²) in [6.07, 6.45) is 2.78. The average molecular weight is 252 g/mol. The van der Waals surface area contributed by atoms with E-state index in [9.17, 15) is 9.59 Å². The van der Waals surface area contributed by atoms with E-state index in [1.807, 2.05) is 11.8 Å². The molecule has 0 aliphatic carbocycles. The molecule has 6 nitrogen and oxygen atoms in total. The lowest BCUT2D eigenvalue weighted by atomic mass is 10.0. The number of hydrazone groups is 1. The van der Waals surface area contributed by atoms with Crippen molar-refractivity contribution in [3.63, 3.8) is 0 Å².